The van der Waals surface area contributed by atoms with Crippen molar-refractivity contribution in [3.8, 4) is 0 Å². The fourth-order valence-electron chi connectivity index (χ4n) is 1.83. The summed E-state index contributed by atoms with van der Waals surface area (Å²) in [4.78, 5) is 0. The van der Waals surface area contributed by atoms with Gasteiger partial charge in [-0.15, -0.1) is 0 Å². The van der Waals surface area contributed by atoms with Crippen LogP contribution < -0.4 is 5.73 Å². The van der Waals surface area contributed by atoms with Gasteiger partial charge in [-0.25, -0.2) is 4.18 Å². The Morgan fingerprint density at radius 1 is 1.19 bits per heavy atom. The fraction of sp³-hybridized carbons (Fsp3) is 0.167. The largest absolute Gasteiger partial charge is 0.427 e. The van der Waals surface area contributed by atoms with Gasteiger partial charge in [0, 0.05) is 5.69 Å². The number of rotatable bonds is 4. The second-order valence-corrected chi connectivity index (χ2v) is 5.21. The van der Waals surface area contributed by atoms with E-state index in [4.69, 9.17) is 18.7 Å². The zero-order chi connectivity index (χ0) is 15.9. The third kappa shape index (κ3) is 6.08. The Morgan fingerprint density at radius 3 is 2.48 bits per heavy atom. The predicted octanol–water partition coefficient (Wildman–Crippen LogP) is 1.28. The summed E-state index contributed by atoms with van der Waals surface area (Å²) in [5, 5.41) is 1.98. The number of nitrogen functional groups attached to an aromatic ring is 1. The van der Waals surface area contributed by atoms with Crippen molar-refractivity contribution in [2.24, 2.45) is 0 Å². The molecule has 0 saturated carbocycles. The molecule has 9 heteroatoms. The van der Waals surface area contributed by atoms with Gasteiger partial charge >= 0.3 is 10.4 Å². The molecule has 0 fully saturated rings. The molecule has 0 radical (unpaired) electrons. The first-order valence-electron chi connectivity index (χ1n) is 5.71. The van der Waals surface area contributed by atoms with Crippen LogP contribution in [0.25, 0.3) is 10.8 Å². The highest BCUT2D eigenvalue weighted by molar-refractivity contribution is 7.80. The molecule has 0 spiro atoms. The van der Waals surface area contributed by atoms with Crippen LogP contribution in [0.3, 0.4) is 0 Å². The molecule has 0 aliphatic carbocycles. The number of hydrogen-bond donors (Lipinski definition) is 2. The molecule has 0 aliphatic heterocycles. The Bertz CT molecular complexity index is 753. The van der Waals surface area contributed by atoms with Crippen LogP contribution >= 0.6 is 0 Å². The quantitative estimate of drug-likeness (QED) is 0.374. The van der Waals surface area contributed by atoms with Crippen LogP contribution in [0.1, 0.15) is 5.56 Å². The van der Waals surface area contributed by atoms with E-state index < -0.39 is 22.0 Å². The van der Waals surface area contributed by atoms with Gasteiger partial charge in [0.05, 0.1) is 6.61 Å². The molecule has 0 heterocycles. The molecular weight excluding hydrogens is 318 g/mol. The van der Waals surface area contributed by atoms with Gasteiger partial charge in [-0.2, -0.15) is 8.42 Å². The highest BCUT2D eigenvalue weighted by Crippen LogP contribution is 2.22. The molecule has 0 aliphatic rings. The molecule has 116 valence electrons. The molecule has 2 aromatic carbocycles. The van der Waals surface area contributed by atoms with E-state index in [1.807, 2.05) is 30.3 Å². The molecule has 2 rings (SSSR count). The number of anilines is 1. The van der Waals surface area contributed by atoms with Crippen molar-refractivity contribution >= 4 is 38.4 Å². The van der Waals surface area contributed by atoms with Crippen molar-refractivity contribution in [2.75, 3.05) is 12.3 Å². The Kier molecular flexibility index (Phi) is 6.56. The minimum Gasteiger partial charge on any atom is -0.427 e. The Hall–Kier alpha value is -1.68. The first kappa shape index (κ1) is 17.4. The van der Waals surface area contributed by atoms with Crippen molar-refractivity contribution in [2.45, 2.75) is 6.42 Å². The van der Waals surface area contributed by atoms with Gasteiger partial charge in [0.1, 0.15) is 0 Å². The normalized spacial score (nSPS) is 10.9. The summed E-state index contributed by atoms with van der Waals surface area (Å²) in [6.07, 6.45) is 0.376. The molecule has 0 bridgehead atoms. The Balaban J connectivity index is 0.000000677. The van der Waals surface area contributed by atoms with Crippen LogP contribution in [0, 0.1) is 0 Å². The number of fused-ring (bicyclic) bond motifs is 1. The summed E-state index contributed by atoms with van der Waals surface area (Å²) in [6.45, 7) is -0.104. The zero-order valence-electron chi connectivity index (χ0n) is 10.8. The van der Waals surface area contributed by atoms with Gasteiger partial charge < -0.3 is 14.2 Å². The maximum absolute atomic E-state index is 10.5. The van der Waals surface area contributed by atoms with Gasteiger partial charge in [-0.3, -0.25) is 4.55 Å². The molecule has 2 aromatic rings. The van der Waals surface area contributed by atoms with E-state index in [9.17, 15) is 8.42 Å². The van der Waals surface area contributed by atoms with Crippen molar-refractivity contribution in [3.63, 3.8) is 0 Å². The van der Waals surface area contributed by atoms with Crippen molar-refractivity contribution in [1.29, 1.82) is 0 Å². The Morgan fingerprint density at radius 2 is 1.86 bits per heavy atom. The SMILES string of the molecule is Nc1ccc2cccc(CCOS(=O)(=O)O)c2c1.O=[SH-]=O. The predicted molar refractivity (Wildman–Crippen MR) is 79.7 cm³/mol. The summed E-state index contributed by atoms with van der Waals surface area (Å²) in [5.41, 5.74) is 7.29. The fourth-order valence-corrected chi connectivity index (χ4v) is 2.12. The molecule has 0 atom stereocenters. The maximum Gasteiger partial charge on any atom is 0.397 e. The van der Waals surface area contributed by atoms with E-state index in [1.54, 1.807) is 6.07 Å². The summed E-state index contributed by atoms with van der Waals surface area (Å²) in [7, 11) is -4.38. The third-order valence-corrected chi connectivity index (χ3v) is 3.06. The van der Waals surface area contributed by atoms with Crippen molar-refractivity contribution in [1.82, 2.24) is 0 Å². The van der Waals surface area contributed by atoms with E-state index in [0.29, 0.717) is 12.1 Å². The molecule has 0 amide bonds. The van der Waals surface area contributed by atoms with Gasteiger partial charge in [-0.05, 0) is 34.9 Å². The number of hydrogen-bond acceptors (Lipinski definition) is 7. The first-order chi connectivity index (χ1) is 9.87. The molecule has 0 unspecified atom stereocenters. The average Bonchev–Trinajstić information content (AvgIpc) is 2.39. The Labute approximate surface area is 125 Å². The molecule has 3 N–H and O–H groups in total. The van der Waals surface area contributed by atoms with E-state index >= 15 is 0 Å². The maximum atomic E-state index is 10.5. The molecule has 21 heavy (non-hydrogen) atoms. The molecule has 0 aromatic heterocycles. The van der Waals surface area contributed by atoms with Crippen LogP contribution in [0.5, 0.6) is 0 Å². The summed E-state index contributed by atoms with van der Waals surface area (Å²) >= 11 is -1.08. The minimum atomic E-state index is -4.38. The second kappa shape index (κ2) is 7.93. The molecule has 0 saturated heterocycles. The summed E-state index contributed by atoms with van der Waals surface area (Å²) < 4.78 is 50.4. The lowest BCUT2D eigenvalue weighted by Gasteiger charge is -2.07. The van der Waals surface area contributed by atoms with Gasteiger partial charge in [0.15, 0.2) is 0 Å². The van der Waals surface area contributed by atoms with E-state index in [1.165, 1.54) is 0 Å². The number of benzene rings is 2. The topological polar surface area (TPSA) is 124 Å². The van der Waals surface area contributed by atoms with Crippen LogP contribution in [-0.4, -0.2) is 19.6 Å². The smallest absolute Gasteiger partial charge is 0.397 e. The van der Waals surface area contributed by atoms with Crippen molar-refractivity contribution < 1.29 is 25.6 Å². The van der Waals surface area contributed by atoms with E-state index in [2.05, 4.69) is 4.18 Å². The monoisotopic (exact) mass is 332 g/mol. The van der Waals surface area contributed by atoms with Crippen LogP contribution in [0.2, 0.25) is 0 Å². The van der Waals surface area contributed by atoms with Crippen LogP contribution in [-0.2, 0) is 41.0 Å². The zero-order valence-corrected chi connectivity index (χ0v) is 12.5. The number of thiol groups is 1. The van der Waals surface area contributed by atoms with E-state index in [0.717, 1.165) is 16.3 Å². The number of nitrogens with two attached hydrogens (primary N) is 1. The molecule has 7 nitrogen and oxygen atoms in total. The first-order valence-corrected chi connectivity index (χ1v) is 7.81. The lowest BCUT2D eigenvalue weighted by Crippen LogP contribution is -2.07. The summed E-state index contributed by atoms with van der Waals surface area (Å²) in [6, 6.07) is 11.2. The molecular formula is C12H14NO6S2-. The van der Waals surface area contributed by atoms with Crippen molar-refractivity contribution in [3.05, 3.63) is 42.0 Å². The van der Waals surface area contributed by atoms with Gasteiger partial charge in [0.25, 0.3) is 0 Å². The van der Waals surface area contributed by atoms with Crippen LogP contribution in [0.15, 0.2) is 36.4 Å². The van der Waals surface area contributed by atoms with Gasteiger partial charge in [0.2, 0.25) is 0 Å². The van der Waals surface area contributed by atoms with Crippen LogP contribution in [0.4, 0.5) is 5.69 Å². The highest BCUT2D eigenvalue weighted by Gasteiger charge is 2.06. The van der Waals surface area contributed by atoms with Gasteiger partial charge in [-0.1, -0.05) is 35.8 Å². The lowest BCUT2D eigenvalue weighted by molar-refractivity contribution is 0.272. The lowest BCUT2D eigenvalue weighted by atomic mass is 10.0. The minimum absolute atomic E-state index is 0.104. The standard InChI is InChI=1S/C12H13NO4S.HO2S/c13-11-5-4-9-2-1-3-10(12(9)8-11)6-7-17-18(14,15)16;1-3-2/h1-5,8H,6-7,13H2,(H,14,15,16);3H/q;-1. The second-order valence-electron chi connectivity index (χ2n) is 3.97. The third-order valence-electron chi connectivity index (χ3n) is 2.60. The summed E-state index contributed by atoms with van der Waals surface area (Å²) in [5.74, 6) is 0. The highest BCUT2D eigenvalue weighted by atomic mass is 32.3. The average molecular weight is 332 g/mol. The van der Waals surface area contributed by atoms with E-state index in [-0.39, 0.29) is 6.61 Å².